The molecule has 0 aliphatic carbocycles. The second kappa shape index (κ2) is 9.17. The fraction of sp³-hybridized carbons (Fsp3) is 0.650. The predicted octanol–water partition coefficient (Wildman–Crippen LogP) is 1.24. The SMILES string of the molecule is C[C@H](CC(=O)NCc1ccc(N2CCN(C)CC2)nc1)N1CCCCC1=O. The maximum atomic E-state index is 12.2. The number of aromatic nitrogens is 1. The van der Waals surface area contributed by atoms with E-state index in [1.807, 2.05) is 30.2 Å². The van der Waals surface area contributed by atoms with Gasteiger partial charge in [0.2, 0.25) is 11.8 Å². The standard InChI is InChI=1S/C20H31N5O2/c1-16(25-8-4-3-5-20(25)27)13-19(26)22-15-17-6-7-18(21-14-17)24-11-9-23(2)10-12-24/h6-7,14,16H,3-5,8-13,15H2,1-2H3,(H,22,26)/t16-/m1/s1. The monoisotopic (exact) mass is 373 g/mol. The molecule has 3 rings (SSSR count). The molecule has 2 aliphatic rings. The summed E-state index contributed by atoms with van der Waals surface area (Å²) in [7, 11) is 2.14. The van der Waals surface area contributed by atoms with Crippen molar-refractivity contribution in [3.63, 3.8) is 0 Å². The van der Waals surface area contributed by atoms with Crippen LogP contribution in [0.4, 0.5) is 5.82 Å². The molecule has 0 unspecified atom stereocenters. The van der Waals surface area contributed by atoms with Gasteiger partial charge in [-0.15, -0.1) is 0 Å². The third-order valence-corrected chi connectivity index (χ3v) is 5.50. The molecule has 2 fully saturated rings. The van der Waals surface area contributed by atoms with Crippen molar-refractivity contribution in [1.82, 2.24) is 20.1 Å². The Hall–Kier alpha value is -2.15. The fourth-order valence-electron chi connectivity index (χ4n) is 3.69. The molecule has 2 amide bonds. The van der Waals surface area contributed by atoms with Crippen molar-refractivity contribution < 1.29 is 9.59 Å². The Morgan fingerprint density at radius 1 is 1.19 bits per heavy atom. The molecule has 0 aromatic carbocycles. The van der Waals surface area contributed by atoms with Gasteiger partial charge in [-0.1, -0.05) is 6.07 Å². The number of pyridine rings is 1. The van der Waals surface area contributed by atoms with Crippen molar-refractivity contribution in [3.05, 3.63) is 23.9 Å². The van der Waals surface area contributed by atoms with E-state index in [2.05, 4.69) is 27.1 Å². The number of piperidine rings is 1. The average Bonchev–Trinajstić information content (AvgIpc) is 2.68. The minimum atomic E-state index is -0.0458. The Morgan fingerprint density at radius 3 is 2.63 bits per heavy atom. The Morgan fingerprint density at radius 2 is 1.96 bits per heavy atom. The van der Waals surface area contributed by atoms with Crippen LogP contribution in [0.5, 0.6) is 0 Å². The first-order chi connectivity index (χ1) is 13.0. The molecule has 0 spiro atoms. The highest BCUT2D eigenvalue weighted by molar-refractivity contribution is 5.80. The summed E-state index contributed by atoms with van der Waals surface area (Å²) in [5.74, 6) is 1.14. The maximum absolute atomic E-state index is 12.2. The molecule has 3 heterocycles. The zero-order valence-corrected chi connectivity index (χ0v) is 16.5. The van der Waals surface area contributed by atoms with Crippen molar-refractivity contribution in [2.24, 2.45) is 0 Å². The second-order valence-electron chi connectivity index (χ2n) is 7.69. The minimum Gasteiger partial charge on any atom is -0.354 e. The van der Waals surface area contributed by atoms with Crippen LogP contribution in [-0.2, 0) is 16.1 Å². The van der Waals surface area contributed by atoms with Crippen LogP contribution in [0.25, 0.3) is 0 Å². The summed E-state index contributed by atoms with van der Waals surface area (Å²) in [6.07, 6.45) is 4.79. The van der Waals surface area contributed by atoms with Gasteiger partial charge in [0, 0.05) is 64.3 Å². The summed E-state index contributed by atoms with van der Waals surface area (Å²) in [5, 5.41) is 2.95. The summed E-state index contributed by atoms with van der Waals surface area (Å²) in [6.45, 7) is 7.28. The smallest absolute Gasteiger partial charge is 0.222 e. The summed E-state index contributed by atoms with van der Waals surface area (Å²) in [6, 6.07) is 4.01. The normalized spacial score (nSPS) is 19.9. The van der Waals surface area contributed by atoms with E-state index >= 15 is 0 Å². The Kier molecular flexibility index (Phi) is 6.66. The number of likely N-dealkylation sites (tertiary alicyclic amines) is 1. The zero-order valence-electron chi connectivity index (χ0n) is 16.5. The number of piperazine rings is 1. The number of carbonyl (C=O) groups is 2. The molecular weight excluding hydrogens is 342 g/mol. The van der Waals surface area contributed by atoms with Crippen LogP contribution in [0.3, 0.4) is 0 Å². The lowest BCUT2D eigenvalue weighted by Gasteiger charge is -2.33. The van der Waals surface area contributed by atoms with E-state index in [4.69, 9.17) is 0 Å². The highest BCUT2D eigenvalue weighted by Crippen LogP contribution is 2.16. The largest absolute Gasteiger partial charge is 0.354 e. The van der Waals surface area contributed by atoms with E-state index in [1.165, 1.54) is 0 Å². The molecule has 1 aromatic rings. The van der Waals surface area contributed by atoms with Gasteiger partial charge in [0.15, 0.2) is 0 Å². The number of hydrogen-bond donors (Lipinski definition) is 1. The molecule has 148 valence electrons. The van der Waals surface area contributed by atoms with E-state index in [0.29, 0.717) is 19.4 Å². The predicted molar refractivity (Wildman–Crippen MR) is 105 cm³/mol. The van der Waals surface area contributed by atoms with Gasteiger partial charge in [0.1, 0.15) is 5.82 Å². The first kappa shape index (κ1) is 19.6. The minimum absolute atomic E-state index is 0.0241. The molecule has 0 radical (unpaired) electrons. The van der Waals surface area contributed by atoms with Crippen LogP contribution < -0.4 is 10.2 Å². The van der Waals surface area contributed by atoms with E-state index in [9.17, 15) is 9.59 Å². The first-order valence-electron chi connectivity index (χ1n) is 9.97. The van der Waals surface area contributed by atoms with Crippen molar-refractivity contribution in [3.8, 4) is 0 Å². The molecule has 0 saturated carbocycles. The number of likely N-dealkylation sites (N-methyl/N-ethyl adjacent to an activating group) is 1. The third kappa shape index (κ3) is 5.42. The lowest BCUT2D eigenvalue weighted by Crippen LogP contribution is -2.44. The van der Waals surface area contributed by atoms with E-state index in [-0.39, 0.29) is 17.9 Å². The number of nitrogens with one attached hydrogen (secondary N) is 1. The molecule has 2 saturated heterocycles. The van der Waals surface area contributed by atoms with E-state index in [1.54, 1.807) is 0 Å². The van der Waals surface area contributed by atoms with Crippen LogP contribution >= 0.6 is 0 Å². The number of hydrogen-bond acceptors (Lipinski definition) is 5. The van der Waals surface area contributed by atoms with Crippen LogP contribution in [-0.4, -0.2) is 72.4 Å². The average molecular weight is 374 g/mol. The van der Waals surface area contributed by atoms with Crippen molar-refractivity contribution in [1.29, 1.82) is 0 Å². The summed E-state index contributed by atoms with van der Waals surface area (Å²) in [4.78, 5) is 35.2. The summed E-state index contributed by atoms with van der Waals surface area (Å²) >= 11 is 0. The first-order valence-corrected chi connectivity index (χ1v) is 9.97. The number of anilines is 1. The highest BCUT2D eigenvalue weighted by atomic mass is 16.2. The number of carbonyl (C=O) groups excluding carboxylic acids is 2. The third-order valence-electron chi connectivity index (χ3n) is 5.50. The lowest BCUT2D eigenvalue weighted by molar-refractivity contribution is -0.136. The molecule has 1 atom stereocenters. The van der Waals surface area contributed by atoms with Gasteiger partial charge < -0.3 is 20.0 Å². The Labute approximate surface area is 161 Å². The molecule has 7 heteroatoms. The zero-order chi connectivity index (χ0) is 19.2. The maximum Gasteiger partial charge on any atom is 0.222 e. The molecule has 1 N–H and O–H groups in total. The van der Waals surface area contributed by atoms with Crippen LogP contribution in [0, 0.1) is 0 Å². The van der Waals surface area contributed by atoms with Crippen LogP contribution in [0.15, 0.2) is 18.3 Å². The van der Waals surface area contributed by atoms with Gasteiger partial charge in [-0.2, -0.15) is 0 Å². The lowest BCUT2D eigenvalue weighted by atomic mass is 10.1. The molecule has 0 bridgehead atoms. The molecule has 1 aromatic heterocycles. The Balaban J connectivity index is 1.44. The van der Waals surface area contributed by atoms with E-state index < -0.39 is 0 Å². The molecule has 27 heavy (non-hydrogen) atoms. The van der Waals surface area contributed by atoms with E-state index in [0.717, 1.165) is 56.9 Å². The van der Waals surface area contributed by atoms with Gasteiger partial charge in [-0.3, -0.25) is 9.59 Å². The van der Waals surface area contributed by atoms with Gasteiger partial charge in [-0.25, -0.2) is 4.98 Å². The molecular formula is C20H31N5O2. The topological polar surface area (TPSA) is 68.8 Å². The number of rotatable bonds is 6. The van der Waals surface area contributed by atoms with Crippen molar-refractivity contribution >= 4 is 17.6 Å². The van der Waals surface area contributed by atoms with Crippen LogP contribution in [0.1, 0.15) is 38.2 Å². The van der Waals surface area contributed by atoms with Gasteiger partial charge in [-0.05, 0) is 38.4 Å². The molecule has 7 nitrogen and oxygen atoms in total. The molecule has 2 aliphatic heterocycles. The second-order valence-corrected chi connectivity index (χ2v) is 7.69. The number of amides is 2. The number of nitrogens with zero attached hydrogens (tertiary/aromatic N) is 4. The van der Waals surface area contributed by atoms with Gasteiger partial charge >= 0.3 is 0 Å². The van der Waals surface area contributed by atoms with Gasteiger partial charge in [0.25, 0.3) is 0 Å². The van der Waals surface area contributed by atoms with Gasteiger partial charge in [0.05, 0.1) is 0 Å². The summed E-state index contributed by atoms with van der Waals surface area (Å²) < 4.78 is 0. The Bertz CT molecular complexity index is 640. The quantitative estimate of drug-likeness (QED) is 0.813. The van der Waals surface area contributed by atoms with Crippen molar-refractivity contribution in [2.75, 3.05) is 44.7 Å². The van der Waals surface area contributed by atoms with Crippen LogP contribution in [0.2, 0.25) is 0 Å². The van der Waals surface area contributed by atoms with Crippen molar-refractivity contribution in [2.45, 2.75) is 45.2 Å². The highest BCUT2D eigenvalue weighted by Gasteiger charge is 2.24. The fourth-order valence-corrected chi connectivity index (χ4v) is 3.69. The summed E-state index contributed by atoms with van der Waals surface area (Å²) in [5.41, 5.74) is 0.989.